The molecule has 0 aliphatic carbocycles. The van der Waals surface area contributed by atoms with Crippen LogP contribution in [0.25, 0.3) is 22.4 Å². The molecule has 1 aromatic carbocycles. The fraction of sp³-hybridized carbons (Fsp3) is 0.182. The minimum atomic E-state index is -4.44. The molecule has 4 N–H and O–H groups in total. The van der Waals surface area contributed by atoms with Crippen molar-refractivity contribution in [2.45, 2.75) is 18.6 Å². The predicted molar refractivity (Wildman–Crippen MR) is 117 cm³/mol. The van der Waals surface area contributed by atoms with Gasteiger partial charge >= 0.3 is 6.18 Å². The van der Waals surface area contributed by atoms with Gasteiger partial charge in [0, 0.05) is 42.0 Å². The van der Waals surface area contributed by atoms with Crippen LogP contribution >= 0.6 is 15.9 Å². The Labute approximate surface area is 189 Å². The van der Waals surface area contributed by atoms with E-state index in [1.807, 2.05) is 6.07 Å². The molecule has 4 aromatic rings. The van der Waals surface area contributed by atoms with Crippen molar-refractivity contribution < 1.29 is 22.4 Å². The van der Waals surface area contributed by atoms with Crippen LogP contribution < -0.4 is 11.1 Å². The van der Waals surface area contributed by atoms with Crippen LogP contribution in [0.3, 0.4) is 0 Å². The van der Waals surface area contributed by atoms with E-state index in [1.165, 1.54) is 6.07 Å². The summed E-state index contributed by atoms with van der Waals surface area (Å²) < 4.78 is 45.3. The molecule has 4 rings (SSSR count). The van der Waals surface area contributed by atoms with Gasteiger partial charge in [0.15, 0.2) is 5.76 Å². The molecule has 32 heavy (non-hydrogen) atoms. The molecular weight excluding hydrogens is 489 g/mol. The number of amides is 1. The minimum absolute atomic E-state index is 0.0467. The molecule has 0 radical (unpaired) electrons. The lowest BCUT2D eigenvalue weighted by Gasteiger charge is -2.17. The van der Waals surface area contributed by atoms with E-state index in [0.717, 1.165) is 23.1 Å². The number of pyridine rings is 1. The third kappa shape index (κ3) is 4.56. The van der Waals surface area contributed by atoms with Gasteiger partial charge in [0.2, 0.25) is 0 Å². The van der Waals surface area contributed by atoms with Crippen LogP contribution in [-0.2, 0) is 12.6 Å². The van der Waals surface area contributed by atoms with Crippen molar-refractivity contribution in [3.05, 3.63) is 76.2 Å². The first-order valence-electron chi connectivity index (χ1n) is 9.65. The molecule has 0 bridgehead atoms. The normalized spacial score (nSPS) is 12.8. The molecule has 0 saturated carbocycles. The summed E-state index contributed by atoms with van der Waals surface area (Å²) in [6.07, 6.45) is -0.908. The first-order chi connectivity index (χ1) is 15.3. The quantitative estimate of drug-likeness (QED) is 0.346. The highest BCUT2D eigenvalue weighted by atomic mass is 79.9. The number of aromatic nitrogens is 2. The van der Waals surface area contributed by atoms with Gasteiger partial charge in [0.1, 0.15) is 11.4 Å². The molecule has 0 saturated heterocycles. The zero-order chi connectivity index (χ0) is 22.9. The molecule has 0 aliphatic heterocycles. The van der Waals surface area contributed by atoms with Crippen molar-refractivity contribution in [1.82, 2.24) is 15.3 Å². The van der Waals surface area contributed by atoms with Crippen molar-refractivity contribution >= 4 is 32.9 Å². The molecule has 1 amide bonds. The molecule has 0 fully saturated rings. The Balaban J connectivity index is 1.52. The van der Waals surface area contributed by atoms with Gasteiger partial charge in [-0.25, -0.2) is 4.98 Å². The molecule has 3 aromatic heterocycles. The highest BCUT2D eigenvalue weighted by Gasteiger charge is 2.30. The van der Waals surface area contributed by atoms with Crippen molar-refractivity contribution in [2.24, 2.45) is 5.73 Å². The first kappa shape index (κ1) is 22.1. The lowest BCUT2D eigenvalue weighted by atomic mass is 10.0. The highest BCUT2D eigenvalue weighted by Crippen LogP contribution is 2.35. The summed E-state index contributed by atoms with van der Waals surface area (Å²) in [5.41, 5.74) is 6.87. The van der Waals surface area contributed by atoms with Gasteiger partial charge in [-0.2, -0.15) is 13.2 Å². The molecule has 1 atom stereocenters. The summed E-state index contributed by atoms with van der Waals surface area (Å²) in [7, 11) is 0. The summed E-state index contributed by atoms with van der Waals surface area (Å²) in [4.78, 5) is 20.0. The Hall–Kier alpha value is -3.11. The number of fused-ring (bicyclic) bond motifs is 1. The lowest BCUT2D eigenvalue weighted by Crippen LogP contribution is -2.41. The van der Waals surface area contributed by atoms with Crippen LogP contribution in [0.1, 0.15) is 21.7 Å². The second kappa shape index (κ2) is 8.79. The number of hydrogen-bond donors (Lipinski definition) is 3. The maximum atomic E-state index is 13.0. The number of nitrogens with two attached hydrogens (primary N) is 1. The molecule has 3 heterocycles. The Morgan fingerprint density at radius 1 is 1.25 bits per heavy atom. The monoisotopic (exact) mass is 506 g/mol. The number of aromatic amines is 1. The number of benzene rings is 1. The van der Waals surface area contributed by atoms with E-state index >= 15 is 0 Å². The second-order valence-corrected chi connectivity index (χ2v) is 8.05. The number of halogens is 4. The van der Waals surface area contributed by atoms with Crippen LogP contribution in [0.2, 0.25) is 0 Å². The summed E-state index contributed by atoms with van der Waals surface area (Å²) in [6.45, 7) is 0.0467. The van der Waals surface area contributed by atoms with Gasteiger partial charge in [-0.1, -0.05) is 18.2 Å². The van der Waals surface area contributed by atoms with Gasteiger partial charge in [-0.3, -0.25) is 4.79 Å². The largest absolute Gasteiger partial charge is 0.450 e. The molecule has 0 spiro atoms. The average molecular weight is 507 g/mol. The Morgan fingerprint density at radius 3 is 2.81 bits per heavy atom. The molecule has 6 nitrogen and oxygen atoms in total. The van der Waals surface area contributed by atoms with Crippen LogP contribution in [0.4, 0.5) is 13.2 Å². The fourth-order valence-electron chi connectivity index (χ4n) is 3.43. The van der Waals surface area contributed by atoms with Gasteiger partial charge in [-0.05, 0) is 46.1 Å². The predicted octanol–water partition coefficient (Wildman–Crippen LogP) is 4.90. The fourth-order valence-corrected chi connectivity index (χ4v) is 3.93. The maximum absolute atomic E-state index is 13.0. The van der Waals surface area contributed by atoms with Gasteiger partial charge in [0.05, 0.1) is 10.0 Å². The number of rotatable bonds is 6. The van der Waals surface area contributed by atoms with Crippen LogP contribution in [-0.4, -0.2) is 28.5 Å². The molecule has 166 valence electrons. The summed E-state index contributed by atoms with van der Waals surface area (Å²) in [6, 6.07) is 9.56. The smallest absolute Gasteiger partial charge is 0.416 e. The Morgan fingerprint density at radius 2 is 2.06 bits per heavy atom. The van der Waals surface area contributed by atoms with Crippen molar-refractivity contribution in [3.63, 3.8) is 0 Å². The molecule has 10 heteroatoms. The lowest BCUT2D eigenvalue weighted by molar-refractivity contribution is -0.137. The average Bonchev–Trinajstić information content (AvgIpc) is 3.39. The number of alkyl halides is 3. The highest BCUT2D eigenvalue weighted by molar-refractivity contribution is 9.10. The van der Waals surface area contributed by atoms with E-state index in [9.17, 15) is 18.0 Å². The van der Waals surface area contributed by atoms with Crippen LogP contribution in [0.5, 0.6) is 0 Å². The third-order valence-electron chi connectivity index (χ3n) is 4.97. The van der Waals surface area contributed by atoms with Crippen LogP contribution in [0, 0.1) is 0 Å². The summed E-state index contributed by atoms with van der Waals surface area (Å²) >= 11 is 3.42. The standard InChI is InChI=1S/C22H18BrF3N4O2/c23-17-10-18(32-19(17)15-4-6-28-20-16(15)5-7-29-20)21(31)30-14(11-27)9-12-2-1-3-13(8-12)22(24,25)26/h1-8,10,14H,9,11,27H2,(H,28,29)(H,30,31)/t14-/m0/s1. The number of carbonyl (C=O) groups excluding carboxylic acids is 1. The van der Waals surface area contributed by atoms with E-state index < -0.39 is 23.7 Å². The SMILES string of the molecule is NC[C@H](Cc1cccc(C(F)(F)F)c1)NC(=O)c1cc(Br)c(-c2ccnc3[nH]ccc23)o1. The summed E-state index contributed by atoms with van der Waals surface area (Å²) in [5, 5.41) is 3.57. The maximum Gasteiger partial charge on any atom is 0.416 e. The van der Waals surface area contributed by atoms with E-state index in [4.69, 9.17) is 10.2 Å². The number of carbonyl (C=O) groups is 1. The molecule has 0 unspecified atom stereocenters. The number of hydrogen-bond acceptors (Lipinski definition) is 4. The van der Waals surface area contributed by atoms with E-state index in [2.05, 4.69) is 31.2 Å². The minimum Gasteiger partial charge on any atom is -0.450 e. The van der Waals surface area contributed by atoms with E-state index in [0.29, 0.717) is 21.4 Å². The Bertz CT molecular complexity index is 1270. The van der Waals surface area contributed by atoms with Crippen LogP contribution in [0.15, 0.2) is 63.7 Å². The number of nitrogens with zero attached hydrogens (tertiary/aromatic N) is 1. The summed E-state index contributed by atoms with van der Waals surface area (Å²) in [5.74, 6) is -0.00191. The third-order valence-corrected chi connectivity index (χ3v) is 5.56. The van der Waals surface area contributed by atoms with Crippen molar-refractivity contribution in [3.8, 4) is 11.3 Å². The number of furan rings is 1. The van der Waals surface area contributed by atoms with Crippen molar-refractivity contribution in [2.75, 3.05) is 6.54 Å². The number of nitrogens with one attached hydrogen (secondary N) is 2. The first-order valence-corrected chi connectivity index (χ1v) is 10.4. The van der Waals surface area contributed by atoms with Gasteiger partial charge in [-0.15, -0.1) is 0 Å². The molecular formula is C22H18BrF3N4O2. The van der Waals surface area contributed by atoms with E-state index in [-0.39, 0.29) is 18.7 Å². The second-order valence-electron chi connectivity index (χ2n) is 7.19. The van der Waals surface area contributed by atoms with Gasteiger partial charge < -0.3 is 20.5 Å². The van der Waals surface area contributed by atoms with Gasteiger partial charge in [0.25, 0.3) is 5.91 Å². The Kier molecular flexibility index (Phi) is 6.07. The van der Waals surface area contributed by atoms with E-state index in [1.54, 1.807) is 30.6 Å². The topological polar surface area (TPSA) is 96.9 Å². The van der Waals surface area contributed by atoms with Crippen molar-refractivity contribution in [1.29, 1.82) is 0 Å². The molecule has 0 aliphatic rings. The number of H-pyrrole nitrogens is 1. The zero-order valence-corrected chi connectivity index (χ0v) is 18.1. The zero-order valence-electron chi connectivity index (χ0n) is 16.5.